The summed E-state index contributed by atoms with van der Waals surface area (Å²) in [5, 5.41) is 30.1. The van der Waals surface area contributed by atoms with Gasteiger partial charge in [-0.05, 0) is 24.1 Å². The summed E-state index contributed by atoms with van der Waals surface area (Å²) in [4.78, 5) is 15.6. The van der Waals surface area contributed by atoms with Gasteiger partial charge in [0.2, 0.25) is 0 Å². The summed E-state index contributed by atoms with van der Waals surface area (Å²) in [6.07, 6.45) is -0.402. The van der Waals surface area contributed by atoms with Crippen LogP contribution in [0.25, 0.3) is 17.2 Å². The molecule has 150 valence electrons. The molecule has 0 bridgehead atoms. The number of anilines is 2. The molecule has 0 unspecified atom stereocenters. The van der Waals surface area contributed by atoms with Crippen molar-refractivity contribution in [2.24, 2.45) is 0 Å². The number of hydrogen-bond donors (Lipinski definition) is 3. The van der Waals surface area contributed by atoms with Crippen LogP contribution >= 0.6 is 0 Å². The van der Waals surface area contributed by atoms with E-state index >= 15 is 0 Å². The fraction of sp³-hybridized carbons (Fsp3) is 0.350. The second-order valence-corrected chi connectivity index (χ2v) is 7.17. The highest BCUT2D eigenvalue weighted by molar-refractivity contribution is 5.88. The molecule has 29 heavy (non-hydrogen) atoms. The van der Waals surface area contributed by atoms with Gasteiger partial charge in [-0.3, -0.25) is 4.57 Å². The number of benzene rings is 1. The van der Waals surface area contributed by atoms with Crippen molar-refractivity contribution in [3.05, 3.63) is 48.6 Å². The van der Waals surface area contributed by atoms with Gasteiger partial charge in [-0.25, -0.2) is 15.0 Å². The predicted molar refractivity (Wildman–Crippen MR) is 106 cm³/mol. The van der Waals surface area contributed by atoms with Gasteiger partial charge in [0.25, 0.3) is 0 Å². The van der Waals surface area contributed by atoms with Crippen LogP contribution in [0.2, 0.25) is 0 Å². The molecular formula is C20H21N5O4. The van der Waals surface area contributed by atoms with Gasteiger partial charge in [-0.2, -0.15) is 0 Å². The molecule has 1 aromatic carbocycles. The minimum Gasteiger partial charge on any atom is -0.394 e. The Hall–Kier alpha value is -2.85. The van der Waals surface area contributed by atoms with E-state index < -0.39 is 31.1 Å². The molecule has 2 aliphatic heterocycles. The minimum absolute atomic E-state index is 0.407. The van der Waals surface area contributed by atoms with E-state index in [4.69, 9.17) is 4.74 Å². The number of ether oxygens (including phenoxy) is 1. The molecule has 9 heteroatoms. The van der Waals surface area contributed by atoms with Gasteiger partial charge in [-0.15, -0.1) is 0 Å². The Morgan fingerprint density at radius 2 is 2.03 bits per heavy atom. The first kappa shape index (κ1) is 18.2. The Labute approximate surface area is 166 Å². The maximum absolute atomic E-state index is 10.5. The SMILES string of the molecule is C=Cc1nc2c(N3CCc4ccccc43)ncnc2n1[C@@H]1O[C@H](CO)[C@@H](O)[C@H]1O. The fourth-order valence-electron chi connectivity index (χ4n) is 4.16. The summed E-state index contributed by atoms with van der Waals surface area (Å²) in [7, 11) is 0. The molecule has 1 saturated heterocycles. The zero-order valence-electron chi connectivity index (χ0n) is 15.6. The lowest BCUT2D eigenvalue weighted by atomic mass is 10.1. The predicted octanol–water partition coefficient (Wildman–Crippen LogP) is 0.775. The van der Waals surface area contributed by atoms with Crippen LogP contribution in [-0.2, 0) is 11.2 Å². The van der Waals surface area contributed by atoms with Gasteiger partial charge in [-0.1, -0.05) is 24.8 Å². The van der Waals surface area contributed by atoms with Crippen molar-refractivity contribution in [2.75, 3.05) is 18.1 Å². The molecule has 2 aliphatic rings. The minimum atomic E-state index is -1.24. The standard InChI is InChI=1S/C20H21N5O4/c1-2-14-23-15-18(24-8-7-11-5-3-4-6-12(11)24)21-10-22-19(15)25(14)20-17(28)16(27)13(9-26)29-20/h2-6,10,13,16-17,20,26-28H,1,7-9H2/t13-,16-,17-,20-/m1/s1. The molecule has 5 rings (SSSR count). The number of imidazole rings is 1. The van der Waals surface area contributed by atoms with Crippen LogP contribution in [0.15, 0.2) is 37.2 Å². The van der Waals surface area contributed by atoms with Crippen molar-refractivity contribution in [1.29, 1.82) is 0 Å². The molecule has 0 spiro atoms. The van der Waals surface area contributed by atoms with E-state index in [1.807, 2.05) is 18.2 Å². The lowest BCUT2D eigenvalue weighted by Gasteiger charge is -2.20. The van der Waals surface area contributed by atoms with Crippen molar-refractivity contribution in [1.82, 2.24) is 19.5 Å². The van der Waals surface area contributed by atoms with Crippen LogP contribution in [-0.4, -0.2) is 66.3 Å². The number of aliphatic hydroxyl groups is 3. The van der Waals surface area contributed by atoms with Crippen molar-refractivity contribution in [3.63, 3.8) is 0 Å². The summed E-state index contributed by atoms with van der Waals surface area (Å²) in [5.74, 6) is 1.10. The van der Waals surface area contributed by atoms with Gasteiger partial charge >= 0.3 is 0 Å². The Morgan fingerprint density at radius 3 is 2.79 bits per heavy atom. The third-order valence-corrected chi connectivity index (χ3v) is 5.58. The number of rotatable bonds is 4. The van der Waals surface area contributed by atoms with Gasteiger partial charge in [0.05, 0.1) is 6.61 Å². The van der Waals surface area contributed by atoms with Gasteiger partial charge in [0, 0.05) is 12.2 Å². The molecule has 3 N–H and O–H groups in total. The largest absolute Gasteiger partial charge is 0.394 e. The molecule has 2 aromatic heterocycles. The number of hydrogen-bond acceptors (Lipinski definition) is 8. The van der Waals surface area contributed by atoms with E-state index in [9.17, 15) is 15.3 Å². The zero-order valence-corrected chi connectivity index (χ0v) is 15.6. The third-order valence-electron chi connectivity index (χ3n) is 5.58. The lowest BCUT2D eigenvalue weighted by Crippen LogP contribution is -2.33. The van der Waals surface area contributed by atoms with E-state index in [0.29, 0.717) is 22.8 Å². The van der Waals surface area contributed by atoms with Gasteiger partial charge in [0.1, 0.15) is 30.5 Å². The summed E-state index contributed by atoms with van der Waals surface area (Å²) in [6, 6.07) is 8.15. The second kappa shape index (κ2) is 6.89. The van der Waals surface area contributed by atoms with E-state index in [2.05, 4.69) is 32.5 Å². The third kappa shape index (κ3) is 2.66. The Balaban J connectivity index is 1.65. The molecule has 4 heterocycles. The Morgan fingerprint density at radius 1 is 1.21 bits per heavy atom. The van der Waals surface area contributed by atoms with Crippen molar-refractivity contribution in [2.45, 2.75) is 31.0 Å². The maximum atomic E-state index is 10.5. The highest BCUT2D eigenvalue weighted by atomic mass is 16.6. The Kier molecular flexibility index (Phi) is 4.32. The first-order valence-electron chi connectivity index (χ1n) is 9.47. The summed E-state index contributed by atoms with van der Waals surface area (Å²) in [5.41, 5.74) is 3.34. The summed E-state index contributed by atoms with van der Waals surface area (Å²) < 4.78 is 7.30. The van der Waals surface area contributed by atoms with Crippen molar-refractivity contribution < 1.29 is 20.1 Å². The number of fused-ring (bicyclic) bond motifs is 2. The van der Waals surface area contributed by atoms with E-state index in [1.54, 1.807) is 4.57 Å². The first-order valence-corrected chi connectivity index (χ1v) is 9.47. The molecule has 9 nitrogen and oxygen atoms in total. The first-order chi connectivity index (χ1) is 14.1. The van der Waals surface area contributed by atoms with Crippen LogP contribution in [0.3, 0.4) is 0 Å². The number of nitrogens with zero attached hydrogens (tertiary/aromatic N) is 5. The summed E-state index contributed by atoms with van der Waals surface area (Å²) >= 11 is 0. The van der Waals surface area contributed by atoms with Crippen LogP contribution in [0, 0.1) is 0 Å². The van der Waals surface area contributed by atoms with Crippen LogP contribution in [0.1, 0.15) is 17.6 Å². The van der Waals surface area contributed by atoms with E-state index in [1.165, 1.54) is 18.0 Å². The summed E-state index contributed by atoms with van der Waals surface area (Å²) in [6.45, 7) is 4.18. The van der Waals surface area contributed by atoms with Gasteiger partial charge in [0.15, 0.2) is 23.2 Å². The molecule has 4 atom stereocenters. The maximum Gasteiger partial charge on any atom is 0.168 e. The number of para-hydroxylation sites is 1. The average molecular weight is 395 g/mol. The normalized spacial score (nSPS) is 26.2. The molecule has 0 radical (unpaired) electrons. The lowest BCUT2D eigenvalue weighted by molar-refractivity contribution is -0.0513. The molecule has 0 amide bonds. The molecular weight excluding hydrogens is 374 g/mol. The molecule has 3 aromatic rings. The fourth-order valence-corrected chi connectivity index (χ4v) is 4.16. The average Bonchev–Trinajstić information content (AvgIpc) is 3.42. The van der Waals surface area contributed by atoms with E-state index in [0.717, 1.165) is 18.7 Å². The highest BCUT2D eigenvalue weighted by Gasteiger charge is 2.45. The van der Waals surface area contributed by atoms with Crippen molar-refractivity contribution in [3.8, 4) is 0 Å². The quantitative estimate of drug-likeness (QED) is 0.593. The van der Waals surface area contributed by atoms with Crippen LogP contribution < -0.4 is 4.90 Å². The van der Waals surface area contributed by atoms with Crippen LogP contribution in [0.5, 0.6) is 0 Å². The Bertz CT molecular complexity index is 1080. The van der Waals surface area contributed by atoms with Crippen molar-refractivity contribution >= 4 is 28.7 Å². The smallest absolute Gasteiger partial charge is 0.168 e. The topological polar surface area (TPSA) is 117 Å². The molecule has 0 aliphatic carbocycles. The van der Waals surface area contributed by atoms with Gasteiger partial charge < -0.3 is 25.0 Å². The second-order valence-electron chi connectivity index (χ2n) is 7.17. The highest BCUT2D eigenvalue weighted by Crippen LogP contribution is 2.38. The molecule has 0 saturated carbocycles. The molecule has 1 fully saturated rings. The monoisotopic (exact) mass is 395 g/mol. The number of aliphatic hydroxyl groups excluding tert-OH is 3. The zero-order chi connectivity index (χ0) is 20.1. The number of aromatic nitrogens is 4. The van der Waals surface area contributed by atoms with Crippen LogP contribution in [0.4, 0.5) is 11.5 Å². The van der Waals surface area contributed by atoms with E-state index in [-0.39, 0.29) is 0 Å².